The van der Waals surface area contributed by atoms with Crippen molar-refractivity contribution in [3.63, 3.8) is 0 Å². The number of carbonyl (C=O) groups excluding carboxylic acids is 2. The summed E-state index contributed by atoms with van der Waals surface area (Å²) in [6.45, 7) is 2.40. The van der Waals surface area contributed by atoms with Crippen LogP contribution in [0, 0.1) is 0 Å². The number of rotatable bonds is 6. The fourth-order valence-corrected chi connectivity index (χ4v) is 3.75. The number of amides is 1. The molecule has 2 aromatic rings. The van der Waals surface area contributed by atoms with E-state index in [1.54, 1.807) is 30.3 Å². The number of unbranched alkanes of at least 4 members (excludes halogenated alkanes) is 1. The van der Waals surface area contributed by atoms with Crippen LogP contribution in [0.5, 0.6) is 5.75 Å². The number of ether oxygens (including phenoxy) is 1. The average Bonchev–Trinajstić information content (AvgIpc) is 2.98. The van der Waals surface area contributed by atoms with Crippen LogP contribution >= 0.6 is 23.2 Å². The van der Waals surface area contributed by atoms with E-state index in [0.717, 1.165) is 12.8 Å². The van der Waals surface area contributed by atoms with E-state index in [0.29, 0.717) is 28.4 Å². The highest BCUT2D eigenvalue weighted by atomic mass is 35.5. The van der Waals surface area contributed by atoms with Gasteiger partial charge in [0.1, 0.15) is 11.5 Å². The number of methoxy groups -OCH3 is 1. The number of ketones is 1. The predicted octanol–water partition coefficient (Wildman–Crippen LogP) is 5.22. The first-order valence-electron chi connectivity index (χ1n) is 9.27. The Morgan fingerprint density at radius 2 is 1.86 bits per heavy atom. The SMILES string of the molecule is CCCCN1C(=O)C(=O)/C(=C(/O)c2ccc(Cl)c(Cl)c2)C1c1ccccc1OC. The van der Waals surface area contributed by atoms with E-state index in [1.807, 2.05) is 6.92 Å². The van der Waals surface area contributed by atoms with Crippen molar-refractivity contribution in [1.29, 1.82) is 0 Å². The molecule has 0 aliphatic carbocycles. The molecule has 3 rings (SSSR count). The Morgan fingerprint density at radius 1 is 1.14 bits per heavy atom. The van der Waals surface area contributed by atoms with E-state index in [1.165, 1.54) is 24.1 Å². The van der Waals surface area contributed by atoms with E-state index >= 15 is 0 Å². The number of nitrogens with zero attached hydrogens (tertiary/aromatic N) is 1. The Balaban J connectivity index is 2.22. The van der Waals surface area contributed by atoms with Crippen LogP contribution in [-0.4, -0.2) is 35.4 Å². The van der Waals surface area contributed by atoms with Crippen LogP contribution in [0.3, 0.4) is 0 Å². The number of hydrogen-bond donors (Lipinski definition) is 1. The van der Waals surface area contributed by atoms with Gasteiger partial charge in [-0.25, -0.2) is 0 Å². The number of carbonyl (C=O) groups is 2. The number of aliphatic hydroxyl groups excluding tert-OH is 1. The molecule has 1 fully saturated rings. The van der Waals surface area contributed by atoms with Gasteiger partial charge in [0.2, 0.25) is 0 Å². The Morgan fingerprint density at radius 3 is 2.52 bits per heavy atom. The quantitative estimate of drug-likeness (QED) is 0.385. The van der Waals surface area contributed by atoms with E-state index < -0.39 is 17.7 Å². The van der Waals surface area contributed by atoms with Crippen LogP contribution in [0.4, 0.5) is 0 Å². The summed E-state index contributed by atoms with van der Waals surface area (Å²) in [5, 5.41) is 11.6. The summed E-state index contributed by atoms with van der Waals surface area (Å²) in [5.41, 5.74) is 0.952. The van der Waals surface area contributed by atoms with Crippen molar-refractivity contribution in [2.24, 2.45) is 0 Å². The molecular weight excluding hydrogens is 413 g/mol. The molecule has 1 heterocycles. The molecule has 7 heteroatoms. The van der Waals surface area contributed by atoms with E-state index in [-0.39, 0.29) is 16.4 Å². The van der Waals surface area contributed by atoms with E-state index in [9.17, 15) is 14.7 Å². The average molecular weight is 434 g/mol. The lowest BCUT2D eigenvalue weighted by Gasteiger charge is -2.26. The number of Topliss-reactive ketones (excluding diaryl/α,β-unsaturated/α-hetero) is 1. The highest BCUT2D eigenvalue weighted by Crippen LogP contribution is 2.43. The lowest BCUT2D eigenvalue weighted by molar-refractivity contribution is -0.139. The Kier molecular flexibility index (Phi) is 6.50. The van der Waals surface area contributed by atoms with Crippen molar-refractivity contribution < 1.29 is 19.4 Å². The molecule has 0 bridgehead atoms. The highest BCUT2D eigenvalue weighted by Gasteiger charge is 2.46. The maximum atomic E-state index is 12.9. The molecule has 0 spiro atoms. The summed E-state index contributed by atoms with van der Waals surface area (Å²) in [6, 6.07) is 11.0. The van der Waals surface area contributed by atoms with Gasteiger partial charge in [-0.15, -0.1) is 0 Å². The lowest BCUT2D eigenvalue weighted by atomic mass is 9.94. The molecular formula is C22H21Cl2NO4. The first-order chi connectivity index (χ1) is 13.9. The van der Waals surface area contributed by atoms with Gasteiger partial charge in [0.05, 0.1) is 28.8 Å². The van der Waals surface area contributed by atoms with Crippen LogP contribution in [0.2, 0.25) is 10.0 Å². The first-order valence-corrected chi connectivity index (χ1v) is 10.0. The summed E-state index contributed by atoms with van der Waals surface area (Å²) in [4.78, 5) is 27.2. The van der Waals surface area contributed by atoms with E-state index in [4.69, 9.17) is 27.9 Å². The van der Waals surface area contributed by atoms with E-state index in [2.05, 4.69) is 0 Å². The highest BCUT2D eigenvalue weighted by molar-refractivity contribution is 6.47. The summed E-state index contributed by atoms with van der Waals surface area (Å²) in [7, 11) is 1.52. The summed E-state index contributed by atoms with van der Waals surface area (Å²) in [5.74, 6) is -1.14. The zero-order valence-electron chi connectivity index (χ0n) is 16.1. The van der Waals surface area contributed by atoms with Crippen molar-refractivity contribution in [2.75, 3.05) is 13.7 Å². The maximum Gasteiger partial charge on any atom is 0.295 e. The summed E-state index contributed by atoms with van der Waals surface area (Å²) < 4.78 is 5.46. The molecule has 0 saturated carbocycles. The van der Waals surface area contributed by atoms with Crippen molar-refractivity contribution in [3.05, 3.63) is 69.2 Å². The van der Waals surface area contributed by atoms with Gasteiger partial charge in [-0.05, 0) is 30.7 Å². The Bertz CT molecular complexity index is 987. The standard InChI is InChI=1S/C22H21Cl2NO4/c1-3-4-11-25-19(14-7-5-6-8-17(14)29-2)18(21(27)22(25)28)20(26)13-9-10-15(23)16(24)12-13/h5-10,12,19,26H,3-4,11H2,1-2H3/b20-18+. The molecule has 1 aliphatic rings. The second-order valence-electron chi connectivity index (χ2n) is 6.72. The fourth-order valence-electron chi connectivity index (χ4n) is 3.45. The topological polar surface area (TPSA) is 66.8 Å². The van der Waals surface area contributed by atoms with Crippen molar-refractivity contribution in [1.82, 2.24) is 4.90 Å². The van der Waals surface area contributed by atoms with Crippen LogP contribution in [0.1, 0.15) is 36.9 Å². The minimum absolute atomic E-state index is 0.00833. The number of hydrogen-bond acceptors (Lipinski definition) is 4. The van der Waals surface area contributed by atoms with Crippen LogP contribution in [-0.2, 0) is 9.59 Å². The Hall–Kier alpha value is -2.50. The minimum atomic E-state index is -0.757. The molecule has 1 atom stereocenters. The second-order valence-corrected chi connectivity index (χ2v) is 7.53. The Labute approximate surface area is 179 Å². The zero-order valence-corrected chi connectivity index (χ0v) is 17.6. The summed E-state index contributed by atoms with van der Waals surface area (Å²) >= 11 is 12.0. The molecule has 2 aromatic carbocycles. The van der Waals surface area contributed by atoms with Gasteiger partial charge < -0.3 is 14.7 Å². The fraction of sp³-hybridized carbons (Fsp3) is 0.273. The van der Waals surface area contributed by atoms with Crippen LogP contribution < -0.4 is 4.74 Å². The van der Waals surface area contributed by atoms with Crippen molar-refractivity contribution in [3.8, 4) is 5.75 Å². The van der Waals surface area contributed by atoms with Gasteiger partial charge in [-0.1, -0.05) is 54.7 Å². The number of likely N-dealkylation sites (tertiary alicyclic amines) is 1. The lowest BCUT2D eigenvalue weighted by Crippen LogP contribution is -2.30. The third kappa shape index (κ3) is 3.98. The summed E-state index contributed by atoms with van der Waals surface area (Å²) in [6.07, 6.45) is 1.58. The first kappa shape index (κ1) is 21.2. The van der Waals surface area contributed by atoms with Crippen molar-refractivity contribution >= 4 is 40.7 Å². The maximum absolute atomic E-state index is 12.9. The smallest absolute Gasteiger partial charge is 0.295 e. The van der Waals surface area contributed by atoms with Crippen molar-refractivity contribution in [2.45, 2.75) is 25.8 Å². The van der Waals surface area contributed by atoms with Crippen LogP contribution in [0.15, 0.2) is 48.0 Å². The van der Waals surface area contributed by atoms with Gasteiger partial charge in [0.25, 0.3) is 11.7 Å². The number of aliphatic hydroxyl groups is 1. The number of halogens is 2. The molecule has 1 N–H and O–H groups in total. The molecule has 1 amide bonds. The third-order valence-corrected chi connectivity index (χ3v) is 5.66. The molecule has 5 nitrogen and oxygen atoms in total. The largest absolute Gasteiger partial charge is 0.507 e. The van der Waals surface area contributed by atoms with Crippen LogP contribution in [0.25, 0.3) is 5.76 Å². The third-order valence-electron chi connectivity index (χ3n) is 4.92. The zero-order chi connectivity index (χ0) is 21.1. The normalized spacial score (nSPS) is 18.3. The molecule has 0 radical (unpaired) electrons. The van der Waals surface area contributed by atoms with Gasteiger partial charge in [-0.3, -0.25) is 9.59 Å². The molecule has 152 valence electrons. The molecule has 29 heavy (non-hydrogen) atoms. The molecule has 1 saturated heterocycles. The van der Waals surface area contributed by atoms with Gasteiger partial charge in [-0.2, -0.15) is 0 Å². The predicted molar refractivity (Wildman–Crippen MR) is 113 cm³/mol. The van der Waals surface area contributed by atoms with Gasteiger partial charge >= 0.3 is 0 Å². The second kappa shape index (κ2) is 8.89. The minimum Gasteiger partial charge on any atom is -0.507 e. The van der Waals surface area contributed by atoms with Gasteiger partial charge in [0.15, 0.2) is 0 Å². The van der Waals surface area contributed by atoms with Gasteiger partial charge in [0, 0.05) is 17.7 Å². The molecule has 0 aromatic heterocycles. The monoisotopic (exact) mass is 433 g/mol. The number of benzene rings is 2. The molecule has 1 unspecified atom stereocenters. The number of para-hydroxylation sites is 1. The molecule has 1 aliphatic heterocycles.